The largest absolute Gasteiger partial charge is 0.334 e. The molecular weight excluding hydrogens is 518 g/mol. The summed E-state index contributed by atoms with van der Waals surface area (Å²) in [4.78, 5) is 0.245. The molecule has 0 spiro atoms. The van der Waals surface area contributed by atoms with Gasteiger partial charge in [-0.05, 0) is 18.6 Å². The highest BCUT2D eigenvalue weighted by atomic mass is 19.2. The predicted octanol–water partition coefficient (Wildman–Crippen LogP) is 8.21. The fraction of sp³-hybridized carbons (Fsp3) is 0.130. The lowest BCUT2D eigenvalue weighted by atomic mass is 9.98. The molecule has 0 fully saturated rings. The van der Waals surface area contributed by atoms with Crippen molar-refractivity contribution in [1.29, 1.82) is 0 Å². The van der Waals surface area contributed by atoms with Gasteiger partial charge in [-0.1, -0.05) is 6.92 Å². The van der Waals surface area contributed by atoms with Crippen LogP contribution in [-0.4, -0.2) is 6.54 Å². The van der Waals surface area contributed by atoms with Crippen molar-refractivity contribution in [1.82, 2.24) is 0 Å². The van der Waals surface area contributed by atoms with Gasteiger partial charge in [0.2, 0.25) is 0 Å². The van der Waals surface area contributed by atoms with Gasteiger partial charge in [-0.15, -0.1) is 0 Å². The molecule has 13 heteroatoms. The molecule has 0 amide bonds. The Hall–Kier alpha value is -3.64. The second-order valence-electron chi connectivity index (χ2n) is 7.52. The van der Waals surface area contributed by atoms with Crippen LogP contribution in [0.15, 0.2) is 12.1 Å². The van der Waals surface area contributed by atoms with Gasteiger partial charge in [0.1, 0.15) is 17.3 Å². The van der Waals surface area contributed by atoms with E-state index in [2.05, 4.69) is 0 Å². The van der Waals surface area contributed by atoms with E-state index in [9.17, 15) is 39.5 Å². The molecule has 4 aromatic carbocycles. The Labute approximate surface area is 193 Å². The standard InChI is InChI=1S/C23H9F12N/c1-2-5-36(7-4-3-6(24)12(25)13(7)26)23-19(32)11-10(18(31)22(23)35)14(27)8-9(15(11)28)17(30)21(34)20(33)16(8)29/h3-4H,2,5H2,1H3. The van der Waals surface area contributed by atoms with Gasteiger partial charge in [-0.25, -0.2) is 52.7 Å². The Kier molecular flexibility index (Phi) is 6.21. The molecule has 0 aliphatic carbocycles. The van der Waals surface area contributed by atoms with Crippen LogP contribution in [0.3, 0.4) is 0 Å². The lowest BCUT2D eigenvalue weighted by molar-refractivity contribution is 0.414. The molecule has 36 heavy (non-hydrogen) atoms. The summed E-state index contributed by atoms with van der Waals surface area (Å²) in [5, 5.41) is -7.69. The number of rotatable bonds is 4. The van der Waals surface area contributed by atoms with Crippen molar-refractivity contribution in [2.45, 2.75) is 13.3 Å². The number of nitrogens with zero attached hydrogens (tertiary/aromatic N) is 1. The zero-order valence-corrected chi connectivity index (χ0v) is 17.6. The molecule has 190 valence electrons. The van der Waals surface area contributed by atoms with Crippen molar-refractivity contribution in [2.24, 2.45) is 0 Å². The summed E-state index contributed by atoms with van der Waals surface area (Å²) < 4.78 is 173. The van der Waals surface area contributed by atoms with E-state index in [-0.39, 0.29) is 11.3 Å². The molecule has 0 aromatic heterocycles. The highest BCUT2D eigenvalue weighted by Gasteiger charge is 2.35. The minimum Gasteiger partial charge on any atom is -0.334 e. The topological polar surface area (TPSA) is 3.24 Å². The fourth-order valence-corrected chi connectivity index (χ4v) is 3.89. The average Bonchev–Trinajstić information content (AvgIpc) is 2.84. The van der Waals surface area contributed by atoms with E-state index in [1.165, 1.54) is 6.92 Å². The number of fused-ring (bicyclic) bond motifs is 2. The minimum absolute atomic E-state index is 0.101. The highest BCUT2D eigenvalue weighted by Crippen LogP contribution is 2.44. The fourth-order valence-electron chi connectivity index (χ4n) is 3.89. The number of hydrogen-bond acceptors (Lipinski definition) is 1. The molecule has 0 radical (unpaired) electrons. The first-order valence-electron chi connectivity index (χ1n) is 9.90. The summed E-state index contributed by atoms with van der Waals surface area (Å²) in [6.07, 6.45) is -0.101. The van der Waals surface area contributed by atoms with Crippen LogP contribution in [0, 0.1) is 69.8 Å². The lowest BCUT2D eigenvalue weighted by Gasteiger charge is -2.27. The molecule has 0 N–H and O–H groups in total. The summed E-state index contributed by atoms with van der Waals surface area (Å²) in [5.74, 6) is -27.5. The number of benzene rings is 4. The Bertz CT molecular complexity index is 1580. The van der Waals surface area contributed by atoms with Crippen molar-refractivity contribution < 1.29 is 52.7 Å². The molecule has 0 aliphatic rings. The SMILES string of the molecule is CCCN(c1ccc(F)c(F)c1F)c1c(F)c(F)c2c(F)c3c(F)c(F)c(F)c(F)c3c(F)c2c1F. The van der Waals surface area contributed by atoms with Gasteiger partial charge in [0.15, 0.2) is 58.2 Å². The summed E-state index contributed by atoms with van der Waals surface area (Å²) in [5.41, 5.74) is -2.67. The molecule has 0 saturated carbocycles. The molecule has 0 unspecified atom stereocenters. The van der Waals surface area contributed by atoms with Gasteiger partial charge < -0.3 is 4.90 Å². The molecular formula is C23H9F12N. The van der Waals surface area contributed by atoms with Crippen LogP contribution in [0.1, 0.15) is 13.3 Å². The highest BCUT2D eigenvalue weighted by molar-refractivity contribution is 6.02. The third-order valence-electron chi connectivity index (χ3n) is 5.47. The summed E-state index contributed by atoms with van der Waals surface area (Å²) in [6, 6.07) is 0.891. The van der Waals surface area contributed by atoms with Crippen LogP contribution in [-0.2, 0) is 0 Å². The minimum atomic E-state index is -2.60. The van der Waals surface area contributed by atoms with Crippen LogP contribution < -0.4 is 4.90 Å². The second kappa shape index (κ2) is 8.79. The Morgan fingerprint density at radius 3 is 1.39 bits per heavy atom. The van der Waals surface area contributed by atoms with E-state index in [1.54, 1.807) is 0 Å². The molecule has 0 saturated heterocycles. The third kappa shape index (κ3) is 3.35. The van der Waals surface area contributed by atoms with E-state index in [4.69, 9.17) is 0 Å². The Morgan fingerprint density at radius 1 is 0.472 bits per heavy atom. The van der Waals surface area contributed by atoms with Crippen molar-refractivity contribution >= 4 is 32.9 Å². The Morgan fingerprint density at radius 2 is 0.917 bits per heavy atom. The van der Waals surface area contributed by atoms with Crippen molar-refractivity contribution in [2.75, 3.05) is 11.4 Å². The van der Waals surface area contributed by atoms with Crippen LogP contribution in [0.2, 0.25) is 0 Å². The molecule has 4 aromatic rings. The maximum atomic E-state index is 15.5. The Balaban J connectivity index is 2.22. The van der Waals surface area contributed by atoms with E-state index < -0.39 is 109 Å². The van der Waals surface area contributed by atoms with Crippen LogP contribution in [0.5, 0.6) is 0 Å². The lowest BCUT2D eigenvalue weighted by Crippen LogP contribution is -2.23. The first-order chi connectivity index (χ1) is 16.9. The number of halogens is 12. The first kappa shape index (κ1) is 25.5. The maximum Gasteiger partial charge on any atom is 0.198 e. The number of hydrogen-bond donors (Lipinski definition) is 0. The number of anilines is 2. The van der Waals surface area contributed by atoms with Gasteiger partial charge in [-0.2, -0.15) is 0 Å². The van der Waals surface area contributed by atoms with Crippen molar-refractivity contribution in [3.8, 4) is 0 Å². The van der Waals surface area contributed by atoms with Gasteiger partial charge in [0, 0.05) is 6.54 Å². The van der Waals surface area contributed by atoms with Gasteiger partial charge in [0.05, 0.1) is 27.2 Å². The molecule has 0 bridgehead atoms. The molecule has 4 rings (SSSR count). The summed E-state index contributed by atoms with van der Waals surface area (Å²) >= 11 is 0. The van der Waals surface area contributed by atoms with Crippen molar-refractivity contribution in [3.63, 3.8) is 0 Å². The van der Waals surface area contributed by atoms with Crippen LogP contribution >= 0.6 is 0 Å². The maximum absolute atomic E-state index is 15.5. The van der Waals surface area contributed by atoms with Gasteiger partial charge >= 0.3 is 0 Å². The van der Waals surface area contributed by atoms with Crippen LogP contribution in [0.25, 0.3) is 21.5 Å². The first-order valence-corrected chi connectivity index (χ1v) is 9.90. The monoisotopic (exact) mass is 527 g/mol. The molecule has 0 heterocycles. The van der Waals surface area contributed by atoms with Crippen LogP contribution in [0.4, 0.5) is 64.1 Å². The third-order valence-corrected chi connectivity index (χ3v) is 5.47. The van der Waals surface area contributed by atoms with E-state index in [0.717, 1.165) is 0 Å². The van der Waals surface area contributed by atoms with E-state index >= 15 is 13.2 Å². The summed E-state index contributed by atoms with van der Waals surface area (Å²) in [7, 11) is 0. The van der Waals surface area contributed by atoms with E-state index in [1.807, 2.05) is 0 Å². The second-order valence-corrected chi connectivity index (χ2v) is 7.52. The quantitative estimate of drug-likeness (QED) is 0.112. The van der Waals surface area contributed by atoms with Gasteiger partial charge in [0.25, 0.3) is 0 Å². The van der Waals surface area contributed by atoms with Crippen molar-refractivity contribution in [3.05, 3.63) is 81.9 Å². The smallest absolute Gasteiger partial charge is 0.198 e. The normalized spacial score (nSPS) is 11.7. The predicted molar refractivity (Wildman–Crippen MR) is 105 cm³/mol. The van der Waals surface area contributed by atoms with E-state index in [0.29, 0.717) is 12.1 Å². The molecule has 0 atom stereocenters. The molecule has 0 aliphatic heterocycles. The zero-order chi connectivity index (χ0) is 26.8. The molecule has 1 nitrogen and oxygen atoms in total. The average molecular weight is 527 g/mol. The summed E-state index contributed by atoms with van der Waals surface area (Å²) in [6.45, 7) is 0.739. The van der Waals surface area contributed by atoms with Gasteiger partial charge in [-0.3, -0.25) is 0 Å². The zero-order valence-electron chi connectivity index (χ0n) is 17.6.